The molecular formula is C19H22N4O6S. The second-order valence-electron chi connectivity index (χ2n) is 6.64. The van der Waals surface area contributed by atoms with Crippen LogP contribution in [0.5, 0.6) is 0 Å². The van der Waals surface area contributed by atoms with Gasteiger partial charge in [-0.25, -0.2) is 9.59 Å². The van der Waals surface area contributed by atoms with E-state index in [0.717, 1.165) is 17.4 Å². The highest BCUT2D eigenvalue weighted by Gasteiger charge is 2.29. The Morgan fingerprint density at radius 1 is 1.40 bits per heavy atom. The molecule has 0 fully saturated rings. The number of ketones is 1. The number of anilines is 2. The van der Waals surface area contributed by atoms with Crippen molar-refractivity contribution in [3.05, 3.63) is 28.0 Å². The zero-order valence-electron chi connectivity index (χ0n) is 17.0. The number of aromatic nitrogens is 1. The Morgan fingerprint density at radius 3 is 2.67 bits per heavy atom. The fourth-order valence-corrected chi connectivity index (χ4v) is 3.67. The highest BCUT2D eigenvalue weighted by atomic mass is 32.1. The first-order chi connectivity index (χ1) is 14.2. The van der Waals surface area contributed by atoms with Crippen LogP contribution in [-0.2, 0) is 14.3 Å². The lowest BCUT2D eigenvalue weighted by Gasteiger charge is -2.18. The maximum absolute atomic E-state index is 12.8. The average Bonchev–Trinajstić information content (AvgIpc) is 3.31. The SMILES string of the molecule is CCOC(=O)c1cc(C(=O)c2sc(NC(CC(C)C)C(=O)OC)c(C#N)c2N)on1. The molecule has 0 amide bonds. The predicted molar refractivity (Wildman–Crippen MR) is 108 cm³/mol. The van der Waals surface area contributed by atoms with Crippen molar-refractivity contribution in [1.29, 1.82) is 5.26 Å². The first-order valence-corrected chi connectivity index (χ1v) is 9.90. The molecule has 11 heteroatoms. The molecule has 0 aliphatic heterocycles. The lowest BCUT2D eigenvalue weighted by atomic mass is 10.0. The Labute approximate surface area is 176 Å². The predicted octanol–water partition coefficient (Wildman–Crippen LogP) is 2.60. The summed E-state index contributed by atoms with van der Waals surface area (Å²) < 4.78 is 14.6. The number of rotatable bonds is 9. The van der Waals surface area contributed by atoms with Crippen LogP contribution in [0.25, 0.3) is 0 Å². The van der Waals surface area contributed by atoms with Gasteiger partial charge in [-0.05, 0) is 19.3 Å². The number of nitriles is 1. The van der Waals surface area contributed by atoms with Gasteiger partial charge in [-0.15, -0.1) is 11.3 Å². The summed E-state index contributed by atoms with van der Waals surface area (Å²) in [7, 11) is 1.27. The number of hydrogen-bond donors (Lipinski definition) is 2. The second kappa shape index (κ2) is 9.89. The van der Waals surface area contributed by atoms with Crippen LogP contribution < -0.4 is 11.1 Å². The molecule has 2 heterocycles. The van der Waals surface area contributed by atoms with Gasteiger partial charge in [-0.3, -0.25) is 4.79 Å². The molecule has 30 heavy (non-hydrogen) atoms. The number of methoxy groups -OCH3 is 1. The quantitative estimate of drug-likeness (QED) is 0.444. The van der Waals surface area contributed by atoms with Gasteiger partial charge < -0.3 is 25.0 Å². The third-order valence-electron chi connectivity index (χ3n) is 3.98. The van der Waals surface area contributed by atoms with Crippen molar-refractivity contribution in [2.75, 3.05) is 24.8 Å². The average molecular weight is 434 g/mol. The number of esters is 2. The van der Waals surface area contributed by atoms with Crippen LogP contribution in [0.3, 0.4) is 0 Å². The topological polar surface area (TPSA) is 158 Å². The normalized spacial score (nSPS) is 11.6. The number of ether oxygens (including phenoxy) is 2. The lowest BCUT2D eigenvalue weighted by molar-refractivity contribution is -0.141. The first kappa shape index (κ1) is 22.9. The number of nitrogen functional groups attached to an aromatic ring is 1. The fourth-order valence-electron chi connectivity index (χ4n) is 2.61. The summed E-state index contributed by atoms with van der Waals surface area (Å²) in [6.45, 7) is 5.65. The molecule has 0 aliphatic carbocycles. The lowest BCUT2D eigenvalue weighted by Crippen LogP contribution is -2.32. The summed E-state index contributed by atoms with van der Waals surface area (Å²) in [4.78, 5) is 36.6. The van der Waals surface area contributed by atoms with E-state index in [1.54, 1.807) is 6.92 Å². The second-order valence-corrected chi connectivity index (χ2v) is 7.66. The number of nitrogens with zero attached hydrogens (tertiary/aromatic N) is 2. The van der Waals surface area contributed by atoms with Crippen LogP contribution in [0.15, 0.2) is 10.6 Å². The molecule has 0 saturated heterocycles. The molecule has 0 aromatic carbocycles. The minimum atomic E-state index is -0.728. The summed E-state index contributed by atoms with van der Waals surface area (Å²) in [6, 6.07) is 2.37. The van der Waals surface area contributed by atoms with Crippen LogP contribution in [0.4, 0.5) is 10.7 Å². The third kappa shape index (κ3) is 4.96. The van der Waals surface area contributed by atoms with Crippen LogP contribution >= 0.6 is 11.3 Å². The molecule has 0 bridgehead atoms. The maximum Gasteiger partial charge on any atom is 0.360 e. The monoisotopic (exact) mass is 434 g/mol. The van der Waals surface area contributed by atoms with Crippen molar-refractivity contribution < 1.29 is 28.4 Å². The van der Waals surface area contributed by atoms with Gasteiger partial charge in [0.15, 0.2) is 5.69 Å². The van der Waals surface area contributed by atoms with E-state index in [-0.39, 0.29) is 45.1 Å². The molecule has 2 aromatic heterocycles. The van der Waals surface area contributed by atoms with Crippen molar-refractivity contribution in [3.63, 3.8) is 0 Å². The molecule has 2 rings (SSSR count). The van der Waals surface area contributed by atoms with Gasteiger partial charge in [0, 0.05) is 6.07 Å². The molecular weight excluding hydrogens is 412 g/mol. The van der Waals surface area contributed by atoms with Crippen molar-refractivity contribution in [1.82, 2.24) is 5.16 Å². The Morgan fingerprint density at radius 2 is 2.10 bits per heavy atom. The highest BCUT2D eigenvalue weighted by Crippen LogP contribution is 2.37. The molecule has 0 radical (unpaired) electrons. The zero-order valence-corrected chi connectivity index (χ0v) is 17.8. The largest absolute Gasteiger partial charge is 0.467 e. The van der Waals surface area contributed by atoms with E-state index < -0.39 is 23.8 Å². The minimum absolute atomic E-state index is 0.0220. The Hall–Kier alpha value is -3.39. The van der Waals surface area contributed by atoms with E-state index in [9.17, 15) is 19.6 Å². The van der Waals surface area contributed by atoms with Crippen molar-refractivity contribution in [2.45, 2.75) is 33.2 Å². The summed E-state index contributed by atoms with van der Waals surface area (Å²) in [5.41, 5.74) is 5.83. The number of carbonyl (C=O) groups is 3. The molecule has 160 valence electrons. The first-order valence-electron chi connectivity index (χ1n) is 9.08. The van der Waals surface area contributed by atoms with Crippen molar-refractivity contribution >= 4 is 39.7 Å². The van der Waals surface area contributed by atoms with E-state index in [1.165, 1.54) is 7.11 Å². The molecule has 2 aromatic rings. The van der Waals surface area contributed by atoms with E-state index in [0.29, 0.717) is 6.42 Å². The van der Waals surface area contributed by atoms with Gasteiger partial charge in [-0.1, -0.05) is 19.0 Å². The van der Waals surface area contributed by atoms with Gasteiger partial charge in [0.1, 0.15) is 27.6 Å². The standard InChI is InChI=1S/C19H22N4O6S/c1-5-28-19(26)12-7-13(29-23-12)15(24)16-14(21)10(8-20)17(30-16)22-11(6-9(2)3)18(25)27-4/h7,9,11,22H,5-6,21H2,1-4H3. The van der Waals surface area contributed by atoms with Crippen molar-refractivity contribution in [2.24, 2.45) is 5.92 Å². The van der Waals surface area contributed by atoms with Gasteiger partial charge in [0.2, 0.25) is 11.5 Å². The Bertz CT molecular complexity index is 988. The number of nitrogens with one attached hydrogen (secondary N) is 1. The van der Waals surface area contributed by atoms with Gasteiger partial charge >= 0.3 is 11.9 Å². The summed E-state index contributed by atoms with van der Waals surface area (Å²) in [5.74, 6) is -1.94. The molecule has 3 N–H and O–H groups in total. The number of hydrogen-bond acceptors (Lipinski definition) is 11. The molecule has 1 unspecified atom stereocenters. The van der Waals surface area contributed by atoms with Gasteiger partial charge in [0.05, 0.1) is 19.4 Å². The van der Waals surface area contributed by atoms with Crippen molar-refractivity contribution in [3.8, 4) is 6.07 Å². The third-order valence-corrected chi connectivity index (χ3v) is 5.12. The maximum atomic E-state index is 12.8. The number of carbonyl (C=O) groups excluding carboxylic acids is 3. The van der Waals surface area contributed by atoms with Gasteiger partial charge in [0.25, 0.3) is 0 Å². The molecule has 0 aliphatic rings. The number of nitrogens with two attached hydrogens (primary N) is 1. The summed E-state index contributed by atoms with van der Waals surface area (Å²) in [6.07, 6.45) is 0.448. The van der Waals surface area contributed by atoms with E-state index in [1.807, 2.05) is 19.9 Å². The summed E-state index contributed by atoms with van der Waals surface area (Å²) in [5, 5.41) is 16.3. The van der Waals surface area contributed by atoms with Crippen LogP contribution in [0.2, 0.25) is 0 Å². The Kier molecular flexibility index (Phi) is 7.54. The molecule has 1 atom stereocenters. The Balaban J connectivity index is 2.36. The fraction of sp³-hybridized carbons (Fsp3) is 0.421. The molecule has 10 nitrogen and oxygen atoms in total. The van der Waals surface area contributed by atoms with Crippen LogP contribution in [-0.4, -0.2) is 42.6 Å². The van der Waals surface area contributed by atoms with Crippen LogP contribution in [0, 0.1) is 17.2 Å². The highest BCUT2D eigenvalue weighted by molar-refractivity contribution is 7.19. The number of thiophene rings is 1. The summed E-state index contributed by atoms with van der Waals surface area (Å²) >= 11 is 0.905. The van der Waals surface area contributed by atoms with E-state index >= 15 is 0 Å². The van der Waals surface area contributed by atoms with E-state index in [4.69, 9.17) is 19.7 Å². The molecule has 0 saturated carbocycles. The van der Waals surface area contributed by atoms with Crippen LogP contribution in [0.1, 0.15) is 58.7 Å². The molecule has 0 spiro atoms. The zero-order chi connectivity index (χ0) is 22.4. The smallest absolute Gasteiger partial charge is 0.360 e. The van der Waals surface area contributed by atoms with Gasteiger partial charge in [-0.2, -0.15) is 5.26 Å². The van der Waals surface area contributed by atoms with E-state index in [2.05, 4.69) is 10.5 Å². The minimum Gasteiger partial charge on any atom is -0.467 e.